The van der Waals surface area contributed by atoms with E-state index in [1.165, 1.54) is 0 Å². The molecule has 0 amide bonds. The van der Waals surface area contributed by atoms with Crippen molar-refractivity contribution in [3.63, 3.8) is 0 Å². The average Bonchev–Trinajstić information content (AvgIpc) is 2.36. The molecule has 2 rings (SSSR count). The van der Waals surface area contributed by atoms with Crippen LogP contribution in [0.1, 0.15) is 5.56 Å². The summed E-state index contributed by atoms with van der Waals surface area (Å²) in [5.74, 6) is 0.772. The molecular weight excluding hydrogens is 351 g/mol. The summed E-state index contributed by atoms with van der Waals surface area (Å²) in [7, 11) is 0. The molecule has 3 nitrogen and oxygen atoms in total. The van der Waals surface area contributed by atoms with Crippen molar-refractivity contribution in [2.45, 2.75) is 0 Å². The van der Waals surface area contributed by atoms with Gasteiger partial charge in [-0.2, -0.15) is 0 Å². The Morgan fingerprint density at radius 2 is 1.89 bits per heavy atom. The van der Waals surface area contributed by atoms with Gasteiger partial charge in [-0.1, -0.05) is 45.2 Å². The van der Waals surface area contributed by atoms with Gasteiger partial charge in [-0.15, -0.1) is 0 Å². The van der Waals surface area contributed by atoms with E-state index in [9.17, 15) is 0 Å². The van der Waals surface area contributed by atoms with E-state index in [0.29, 0.717) is 27.1 Å². The van der Waals surface area contributed by atoms with Gasteiger partial charge >= 0.3 is 0 Å². The number of nitrogens with one attached hydrogen (secondary N) is 1. The Bertz CT molecular complexity index is 647. The highest BCUT2D eigenvalue weighted by molar-refractivity contribution is 9.10. The highest BCUT2D eigenvalue weighted by Gasteiger charge is 2.11. The molecule has 0 aliphatic heterocycles. The normalized spacial score (nSPS) is 10.3. The van der Waals surface area contributed by atoms with Gasteiger partial charge in [-0.25, -0.2) is 0 Å². The summed E-state index contributed by atoms with van der Waals surface area (Å²) in [6.07, 6.45) is 0. The zero-order valence-electron chi connectivity index (χ0n) is 9.58. The maximum Gasteiger partial charge on any atom is 0.147 e. The van der Waals surface area contributed by atoms with Crippen molar-refractivity contribution in [2.75, 3.05) is 0 Å². The predicted octanol–water partition coefficient (Wildman–Crippen LogP) is 4.83. The number of hydrogen-bond acceptors (Lipinski definition) is 2. The summed E-state index contributed by atoms with van der Waals surface area (Å²) in [6.45, 7) is 0. The minimum absolute atomic E-state index is 0.0885. The first-order valence-corrected chi connectivity index (χ1v) is 6.79. The van der Waals surface area contributed by atoms with Gasteiger partial charge in [0.2, 0.25) is 0 Å². The third kappa shape index (κ3) is 3.21. The smallest absolute Gasteiger partial charge is 0.147 e. The van der Waals surface area contributed by atoms with Crippen molar-refractivity contribution in [3.05, 3.63) is 56.5 Å². The first kappa shape index (κ1) is 14.2. The molecule has 0 heterocycles. The second-order valence-electron chi connectivity index (χ2n) is 3.71. The Morgan fingerprint density at radius 1 is 1.16 bits per heavy atom. The van der Waals surface area contributed by atoms with Crippen LogP contribution >= 0.6 is 39.1 Å². The summed E-state index contributed by atoms with van der Waals surface area (Å²) < 4.78 is 6.49. The van der Waals surface area contributed by atoms with Crippen LogP contribution in [-0.4, -0.2) is 5.84 Å². The number of amidine groups is 1. The molecule has 0 aliphatic carbocycles. The average molecular weight is 360 g/mol. The Kier molecular flexibility index (Phi) is 4.34. The third-order valence-corrected chi connectivity index (χ3v) is 3.66. The lowest BCUT2D eigenvalue weighted by Crippen LogP contribution is -2.12. The molecule has 0 unspecified atom stereocenters. The third-order valence-electron chi connectivity index (χ3n) is 2.37. The minimum atomic E-state index is -0.0885. The van der Waals surface area contributed by atoms with Crippen molar-refractivity contribution in [2.24, 2.45) is 5.73 Å². The number of halogens is 3. The molecule has 0 aromatic heterocycles. The topological polar surface area (TPSA) is 59.1 Å². The summed E-state index contributed by atoms with van der Waals surface area (Å²) in [6, 6.07) is 10.3. The van der Waals surface area contributed by atoms with E-state index in [0.717, 1.165) is 4.47 Å². The fourth-order valence-electron chi connectivity index (χ4n) is 1.48. The van der Waals surface area contributed by atoms with Crippen LogP contribution in [0.4, 0.5) is 0 Å². The van der Waals surface area contributed by atoms with Crippen molar-refractivity contribution >= 4 is 45.0 Å². The van der Waals surface area contributed by atoms with Gasteiger partial charge in [0, 0.05) is 4.47 Å². The summed E-state index contributed by atoms with van der Waals surface area (Å²) in [4.78, 5) is 0. The standard InChI is InChI=1S/C13H9BrCl2N2O/c14-7-4-5-10(8(6-7)13(17)18)19-11-3-1-2-9(15)12(11)16/h1-6H,(H3,17,18). The number of hydrogen-bond donors (Lipinski definition) is 2. The maximum absolute atomic E-state index is 7.55. The van der Waals surface area contributed by atoms with Crippen LogP contribution < -0.4 is 10.5 Å². The Balaban J connectivity index is 2.44. The van der Waals surface area contributed by atoms with Gasteiger partial charge in [0.15, 0.2) is 0 Å². The van der Waals surface area contributed by atoms with Crippen LogP contribution in [0, 0.1) is 5.41 Å². The van der Waals surface area contributed by atoms with E-state index >= 15 is 0 Å². The molecule has 3 N–H and O–H groups in total. The lowest BCUT2D eigenvalue weighted by molar-refractivity contribution is 0.481. The quantitative estimate of drug-likeness (QED) is 0.608. The van der Waals surface area contributed by atoms with Crippen LogP contribution in [0.25, 0.3) is 0 Å². The molecule has 2 aromatic rings. The van der Waals surface area contributed by atoms with Crippen LogP contribution in [0.3, 0.4) is 0 Å². The van der Waals surface area contributed by atoms with Crippen molar-refractivity contribution in [1.29, 1.82) is 5.41 Å². The van der Waals surface area contributed by atoms with Crippen molar-refractivity contribution in [3.8, 4) is 11.5 Å². The molecule has 0 atom stereocenters. The molecule has 0 saturated heterocycles. The lowest BCUT2D eigenvalue weighted by Gasteiger charge is -2.12. The van der Waals surface area contributed by atoms with Crippen LogP contribution in [0.15, 0.2) is 40.9 Å². The first-order valence-electron chi connectivity index (χ1n) is 5.25. The largest absolute Gasteiger partial charge is 0.455 e. The molecule has 19 heavy (non-hydrogen) atoms. The van der Waals surface area contributed by atoms with Crippen LogP contribution in [0.5, 0.6) is 11.5 Å². The second kappa shape index (κ2) is 5.82. The molecule has 0 bridgehead atoms. The van der Waals surface area contributed by atoms with E-state index in [1.807, 2.05) is 0 Å². The zero-order valence-corrected chi connectivity index (χ0v) is 12.7. The molecule has 0 radical (unpaired) electrons. The summed E-state index contributed by atoms with van der Waals surface area (Å²) in [5.41, 5.74) is 6.01. The molecular formula is C13H9BrCl2N2O. The van der Waals surface area contributed by atoms with E-state index in [1.54, 1.807) is 36.4 Å². The molecule has 0 spiro atoms. The van der Waals surface area contributed by atoms with Gasteiger partial charge < -0.3 is 10.5 Å². The Hall–Kier alpha value is -1.23. The SMILES string of the molecule is N=C(N)c1cc(Br)ccc1Oc1cccc(Cl)c1Cl. The van der Waals surface area contributed by atoms with Gasteiger partial charge in [0.25, 0.3) is 0 Å². The Labute approximate surface area is 128 Å². The zero-order chi connectivity index (χ0) is 14.0. The number of benzene rings is 2. The number of ether oxygens (including phenoxy) is 1. The monoisotopic (exact) mass is 358 g/mol. The van der Waals surface area contributed by atoms with Crippen LogP contribution in [-0.2, 0) is 0 Å². The molecule has 98 valence electrons. The minimum Gasteiger partial charge on any atom is -0.455 e. The van der Waals surface area contributed by atoms with Crippen molar-refractivity contribution < 1.29 is 4.74 Å². The van der Waals surface area contributed by atoms with Gasteiger partial charge in [0.05, 0.1) is 10.6 Å². The van der Waals surface area contributed by atoms with E-state index in [2.05, 4.69) is 15.9 Å². The van der Waals surface area contributed by atoms with Gasteiger partial charge in [-0.3, -0.25) is 5.41 Å². The fourth-order valence-corrected chi connectivity index (χ4v) is 2.17. The first-order chi connectivity index (χ1) is 8.99. The maximum atomic E-state index is 7.55. The van der Waals surface area contributed by atoms with Crippen molar-refractivity contribution in [1.82, 2.24) is 0 Å². The molecule has 0 fully saturated rings. The lowest BCUT2D eigenvalue weighted by atomic mass is 10.2. The molecule has 2 aromatic carbocycles. The molecule has 6 heteroatoms. The summed E-state index contributed by atoms with van der Waals surface area (Å²) >= 11 is 15.3. The van der Waals surface area contributed by atoms with Crippen LogP contribution in [0.2, 0.25) is 10.0 Å². The number of nitrogen functional groups attached to an aromatic ring is 1. The van der Waals surface area contributed by atoms with Gasteiger partial charge in [-0.05, 0) is 30.3 Å². The Morgan fingerprint density at radius 3 is 2.58 bits per heavy atom. The highest BCUT2D eigenvalue weighted by Crippen LogP contribution is 2.36. The fraction of sp³-hybridized carbons (Fsp3) is 0. The van der Waals surface area contributed by atoms with Gasteiger partial charge in [0.1, 0.15) is 22.4 Å². The van der Waals surface area contributed by atoms with E-state index in [4.69, 9.17) is 39.1 Å². The number of rotatable bonds is 3. The molecule has 0 saturated carbocycles. The second-order valence-corrected chi connectivity index (χ2v) is 5.41. The predicted molar refractivity (Wildman–Crippen MR) is 81.7 cm³/mol. The summed E-state index contributed by atoms with van der Waals surface area (Å²) in [5, 5.41) is 8.28. The van der Waals surface area contributed by atoms with E-state index in [-0.39, 0.29) is 5.84 Å². The highest BCUT2D eigenvalue weighted by atomic mass is 79.9. The number of nitrogens with two attached hydrogens (primary N) is 1. The molecule has 0 aliphatic rings. The van der Waals surface area contributed by atoms with E-state index < -0.39 is 0 Å².